The van der Waals surface area contributed by atoms with Crippen molar-refractivity contribution in [2.75, 3.05) is 0 Å². The molecule has 2 heteroatoms. The molecule has 3 aromatic carbocycles. The molecule has 130 valence electrons. The highest BCUT2D eigenvalue weighted by Gasteiger charge is 2.37. The second kappa shape index (κ2) is 7.67. The van der Waals surface area contributed by atoms with Crippen LogP contribution in [0.4, 0.5) is 0 Å². The number of Topliss-reactive ketones (excluding diaryl/α,β-unsaturated/α-hetero) is 1. The molecule has 0 aliphatic carbocycles. The summed E-state index contributed by atoms with van der Waals surface area (Å²) >= 11 is 0. The van der Waals surface area contributed by atoms with Gasteiger partial charge in [0.1, 0.15) is 5.78 Å². The molecule has 1 saturated heterocycles. The normalized spacial score (nSPS) is 22.9. The van der Waals surface area contributed by atoms with E-state index in [1.54, 1.807) is 0 Å². The lowest BCUT2D eigenvalue weighted by atomic mass is 9.78. The fourth-order valence-electron chi connectivity index (χ4n) is 3.92. The molecular formula is C24H23NO. The van der Waals surface area contributed by atoms with Gasteiger partial charge in [0.2, 0.25) is 0 Å². The average molecular weight is 341 g/mol. The maximum absolute atomic E-state index is 13.1. The topological polar surface area (TPSA) is 29.1 Å². The molecule has 0 spiro atoms. The summed E-state index contributed by atoms with van der Waals surface area (Å²) in [4.78, 5) is 13.1. The van der Waals surface area contributed by atoms with E-state index < -0.39 is 0 Å². The number of ketones is 1. The monoisotopic (exact) mass is 341 g/mol. The first-order chi connectivity index (χ1) is 12.8. The Hall–Kier alpha value is -2.71. The molecule has 1 aliphatic rings. The molecule has 1 heterocycles. The number of carbonyl (C=O) groups excluding carboxylic acids is 1. The van der Waals surface area contributed by atoms with Crippen molar-refractivity contribution in [1.29, 1.82) is 0 Å². The van der Waals surface area contributed by atoms with Gasteiger partial charge in [-0.15, -0.1) is 0 Å². The van der Waals surface area contributed by atoms with E-state index in [9.17, 15) is 4.79 Å². The van der Waals surface area contributed by atoms with Crippen LogP contribution in [0.15, 0.2) is 91.0 Å². The first-order valence-corrected chi connectivity index (χ1v) is 9.24. The Kier molecular flexibility index (Phi) is 4.94. The lowest BCUT2D eigenvalue weighted by molar-refractivity contribution is -0.126. The van der Waals surface area contributed by atoms with Crippen molar-refractivity contribution in [2.45, 2.75) is 24.9 Å². The van der Waals surface area contributed by atoms with Gasteiger partial charge in [-0.05, 0) is 23.1 Å². The van der Waals surface area contributed by atoms with E-state index in [1.165, 1.54) is 16.7 Å². The van der Waals surface area contributed by atoms with Gasteiger partial charge < -0.3 is 5.32 Å². The van der Waals surface area contributed by atoms with Crippen LogP contribution in [-0.4, -0.2) is 5.78 Å². The number of piperidine rings is 1. The Morgan fingerprint density at radius 3 is 1.88 bits per heavy atom. The van der Waals surface area contributed by atoms with Crippen LogP contribution in [0.5, 0.6) is 0 Å². The standard InChI is InChI=1S/C24H23NO/c26-23-17-22(19-12-6-2-7-13-19)25-24(20-14-8-3-9-15-20)21(23)16-18-10-4-1-5-11-18/h1-15,21-22,24-25H,16-17H2/t21-,22+,24-/m1/s1. The van der Waals surface area contributed by atoms with Crippen LogP contribution in [0, 0.1) is 5.92 Å². The minimum Gasteiger partial charge on any atom is -0.302 e. The number of hydrogen-bond acceptors (Lipinski definition) is 2. The van der Waals surface area contributed by atoms with Gasteiger partial charge in [0.05, 0.1) is 0 Å². The van der Waals surface area contributed by atoms with Crippen LogP contribution in [0.2, 0.25) is 0 Å². The number of rotatable bonds is 4. The summed E-state index contributed by atoms with van der Waals surface area (Å²) in [5, 5.41) is 3.77. The Morgan fingerprint density at radius 2 is 1.27 bits per heavy atom. The van der Waals surface area contributed by atoms with Crippen molar-refractivity contribution in [3.05, 3.63) is 108 Å². The van der Waals surface area contributed by atoms with Crippen LogP contribution in [-0.2, 0) is 11.2 Å². The number of benzene rings is 3. The zero-order valence-electron chi connectivity index (χ0n) is 14.7. The van der Waals surface area contributed by atoms with Crippen LogP contribution in [0.3, 0.4) is 0 Å². The highest BCUT2D eigenvalue weighted by Crippen LogP contribution is 2.36. The Balaban J connectivity index is 1.65. The van der Waals surface area contributed by atoms with Gasteiger partial charge in [0.25, 0.3) is 0 Å². The number of hydrogen-bond donors (Lipinski definition) is 1. The van der Waals surface area contributed by atoms with Gasteiger partial charge in [-0.1, -0.05) is 91.0 Å². The molecule has 1 N–H and O–H groups in total. The van der Waals surface area contributed by atoms with Gasteiger partial charge in [0.15, 0.2) is 0 Å². The number of carbonyl (C=O) groups is 1. The third-order valence-electron chi connectivity index (χ3n) is 5.26. The highest BCUT2D eigenvalue weighted by atomic mass is 16.1. The summed E-state index contributed by atoms with van der Waals surface area (Å²) in [5.41, 5.74) is 3.58. The fourth-order valence-corrected chi connectivity index (χ4v) is 3.92. The van der Waals surface area contributed by atoms with Crippen molar-refractivity contribution in [3.8, 4) is 0 Å². The van der Waals surface area contributed by atoms with E-state index in [2.05, 4.69) is 41.7 Å². The van der Waals surface area contributed by atoms with E-state index in [1.807, 2.05) is 54.6 Å². The molecule has 1 aliphatic heterocycles. The Bertz CT molecular complexity index is 845. The van der Waals surface area contributed by atoms with Crippen LogP contribution < -0.4 is 5.32 Å². The summed E-state index contributed by atoms with van der Waals surface area (Å²) in [7, 11) is 0. The quantitative estimate of drug-likeness (QED) is 0.732. The third-order valence-corrected chi connectivity index (χ3v) is 5.26. The second-order valence-corrected chi connectivity index (χ2v) is 6.98. The summed E-state index contributed by atoms with van der Waals surface area (Å²) in [6.45, 7) is 0. The van der Waals surface area contributed by atoms with E-state index in [0.717, 1.165) is 6.42 Å². The average Bonchev–Trinajstić information content (AvgIpc) is 2.71. The highest BCUT2D eigenvalue weighted by molar-refractivity contribution is 5.84. The Labute approximate surface area is 154 Å². The van der Waals surface area contributed by atoms with Gasteiger partial charge in [-0.3, -0.25) is 4.79 Å². The molecule has 0 radical (unpaired) electrons. The molecule has 4 rings (SSSR count). The summed E-state index contributed by atoms with van der Waals surface area (Å²) < 4.78 is 0. The zero-order valence-corrected chi connectivity index (χ0v) is 14.7. The zero-order chi connectivity index (χ0) is 17.8. The maximum Gasteiger partial charge on any atom is 0.140 e. The molecule has 26 heavy (non-hydrogen) atoms. The van der Waals surface area contributed by atoms with Crippen molar-refractivity contribution < 1.29 is 4.79 Å². The molecule has 3 atom stereocenters. The summed E-state index contributed by atoms with van der Waals surface area (Å²) in [6, 6.07) is 31.1. The van der Waals surface area contributed by atoms with Crippen LogP contribution in [0.25, 0.3) is 0 Å². The molecule has 0 aromatic heterocycles. The molecular weight excluding hydrogens is 318 g/mol. The minimum absolute atomic E-state index is 0.0304. The van der Waals surface area contributed by atoms with E-state index in [0.29, 0.717) is 12.2 Å². The molecule has 2 nitrogen and oxygen atoms in total. The third kappa shape index (κ3) is 3.61. The molecule has 0 bridgehead atoms. The largest absolute Gasteiger partial charge is 0.302 e. The molecule has 0 amide bonds. The van der Waals surface area contributed by atoms with Crippen molar-refractivity contribution in [3.63, 3.8) is 0 Å². The lowest BCUT2D eigenvalue weighted by Crippen LogP contribution is -2.43. The fraction of sp³-hybridized carbons (Fsp3) is 0.208. The molecule has 1 fully saturated rings. The van der Waals surface area contributed by atoms with Gasteiger partial charge in [-0.2, -0.15) is 0 Å². The summed E-state index contributed by atoms with van der Waals surface area (Å²) in [5.74, 6) is 0.301. The first-order valence-electron chi connectivity index (χ1n) is 9.24. The van der Waals surface area contributed by atoms with Crippen molar-refractivity contribution >= 4 is 5.78 Å². The first kappa shape index (κ1) is 16.7. The van der Waals surface area contributed by atoms with Crippen LogP contribution in [0.1, 0.15) is 35.2 Å². The van der Waals surface area contributed by atoms with Gasteiger partial charge in [0, 0.05) is 24.4 Å². The molecule has 3 aromatic rings. The lowest BCUT2D eigenvalue weighted by Gasteiger charge is -2.37. The number of nitrogens with one attached hydrogen (secondary N) is 1. The molecule has 0 saturated carbocycles. The minimum atomic E-state index is -0.0419. The van der Waals surface area contributed by atoms with Crippen LogP contribution >= 0.6 is 0 Å². The van der Waals surface area contributed by atoms with E-state index >= 15 is 0 Å². The summed E-state index contributed by atoms with van der Waals surface area (Å²) in [6.07, 6.45) is 1.32. The Morgan fingerprint density at radius 1 is 0.731 bits per heavy atom. The van der Waals surface area contributed by atoms with E-state index in [4.69, 9.17) is 0 Å². The van der Waals surface area contributed by atoms with Crippen molar-refractivity contribution in [2.24, 2.45) is 5.92 Å². The molecule has 0 unspecified atom stereocenters. The van der Waals surface area contributed by atoms with Gasteiger partial charge >= 0.3 is 0 Å². The maximum atomic E-state index is 13.1. The second-order valence-electron chi connectivity index (χ2n) is 6.98. The van der Waals surface area contributed by atoms with Crippen molar-refractivity contribution in [1.82, 2.24) is 5.32 Å². The SMILES string of the molecule is O=C1C[C@@H](c2ccccc2)N[C@H](c2ccccc2)[C@@H]1Cc1ccccc1. The van der Waals surface area contributed by atoms with E-state index in [-0.39, 0.29) is 18.0 Å². The smallest absolute Gasteiger partial charge is 0.140 e. The van der Waals surface area contributed by atoms with Gasteiger partial charge in [-0.25, -0.2) is 0 Å². The predicted molar refractivity (Wildman–Crippen MR) is 105 cm³/mol. The predicted octanol–water partition coefficient (Wildman–Crippen LogP) is 4.89.